The molecule has 4 aliphatic rings. The van der Waals surface area contributed by atoms with Crippen LogP contribution in [0.2, 0.25) is 0 Å². The number of hydrogen-bond acceptors (Lipinski definition) is 19. The Hall–Kier alpha value is -5.90. The van der Waals surface area contributed by atoms with Crippen LogP contribution in [-0.4, -0.2) is 130 Å². The van der Waals surface area contributed by atoms with Crippen molar-refractivity contribution in [1.82, 2.24) is 49.7 Å². The number of carbonyl (C=O) groups is 2. The molecule has 0 saturated carbocycles. The number of carbonyl (C=O) groups excluding carboxylic acids is 2. The zero-order valence-electron chi connectivity index (χ0n) is 37.1. The molecule has 4 saturated heterocycles. The van der Waals surface area contributed by atoms with Gasteiger partial charge < -0.3 is 53.4 Å². The summed E-state index contributed by atoms with van der Waals surface area (Å²) in [7, 11) is -10.8. The molecular weight excluding hydrogens is 962 g/mol. The van der Waals surface area contributed by atoms with Gasteiger partial charge in [-0.3, -0.25) is 24.2 Å². The minimum atomic E-state index is -5.40. The van der Waals surface area contributed by atoms with Gasteiger partial charge in [0, 0.05) is 24.2 Å². The van der Waals surface area contributed by atoms with Gasteiger partial charge in [0.15, 0.2) is 52.8 Å². The number of imidazole rings is 2. The number of nitrogens with one attached hydrogen (secondary N) is 4. The standard InChI is InChI=1S/C41H46N12O15P2/c1-3-42-40(54)50-33-27-35(46-18-44-33)52(20-48-27)15-24-29-30(65-38(64-29)22-11-7-5-8-12-22)25(62-24)16-60-69(56,57)68-70(58,59)61-17-26-31-32(67-39(66-31)23-13-9-6-10-14-23)37(63-26)53-21-49-28-34(45-19-47-36(28)53)51-41(55)43-4-2/h5-14,18-21,24-26,29-32,37-39H,3-4,15-17H2,1-2H3,(H,56,57)(H,58,59)(H2,42,44,46,50,54)(H2,43,45,47,51,55)/t24-,25+,26-,29-,30+,31-,32-,37-,38+,39+/m1/s1. The lowest BCUT2D eigenvalue weighted by atomic mass is 10.1. The molecule has 4 amide bonds. The van der Waals surface area contributed by atoms with Gasteiger partial charge in [-0.15, -0.1) is 0 Å². The van der Waals surface area contributed by atoms with E-state index in [1.807, 2.05) is 36.4 Å². The van der Waals surface area contributed by atoms with E-state index >= 15 is 0 Å². The number of phosphoric acid groups is 2. The summed E-state index contributed by atoms with van der Waals surface area (Å²) in [5.41, 5.74) is 2.55. The summed E-state index contributed by atoms with van der Waals surface area (Å²) >= 11 is 0. The van der Waals surface area contributed by atoms with Crippen LogP contribution in [0.4, 0.5) is 21.2 Å². The number of phosphoric ester groups is 2. The van der Waals surface area contributed by atoms with Crippen LogP contribution < -0.4 is 21.3 Å². The molecular formula is C41H46N12O15P2. The Bertz CT molecular complexity index is 2940. The lowest BCUT2D eigenvalue weighted by Crippen LogP contribution is -2.33. The molecule has 70 heavy (non-hydrogen) atoms. The SMILES string of the molecule is CCNC(=O)Nc1ncnc2c1ncn2C[C@H]1O[C@@H](COP(=O)(O)OP(=O)(O)OC[C@H]2O[C@@H](n3cnc4c(NC(=O)NCC)ncnc43)[C@@H]3O[C@@H](c4ccccc4)O[C@@H]32)[C@@H]2O[C@@H](c3ccccc3)O[C@@H]21. The Morgan fingerprint density at radius 3 is 1.67 bits per heavy atom. The number of hydrogen-bond donors (Lipinski definition) is 6. The summed E-state index contributed by atoms with van der Waals surface area (Å²) in [6, 6.07) is 17.2. The Labute approximate surface area is 396 Å². The highest BCUT2D eigenvalue weighted by Gasteiger charge is 2.56. The average Bonchev–Trinajstić information content (AvgIpc) is 4.21. The van der Waals surface area contributed by atoms with Crippen LogP contribution in [0.15, 0.2) is 86.0 Å². The second-order valence-electron chi connectivity index (χ2n) is 16.1. The van der Waals surface area contributed by atoms with Gasteiger partial charge in [-0.1, -0.05) is 60.7 Å². The van der Waals surface area contributed by atoms with Crippen molar-refractivity contribution in [1.29, 1.82) is 0 Å². The Morgan fingerprint density at radius 1 is 0.614 bits per heavy atom. The summed E-state index contributed by atoms with van der Waals surface area (Å²) in [6.45, 7) is 3.05. The van der Waals surface area contributed by atoms with E-state index in [0.29, 0.717) is 35.4 Å². The molecule has 2 aromatic carbocycles. The van der Waals surface area contributed by atoms with Crippen molar-refractivity contribution in [3.8, 4) is 0 Å². The maximum atomic E-state index is 13.4. The van der Waals surface area contributed by atoms with Crippen molar-refractivity contribution in [2.75, 3.05) is 36.9 Å². The minimum Gasteiger partial charge on any atom is -0.365 e. The van der Waals surface area contributed by atoms with Crippen molar-refractivity contribution in [2.45, 2.75) is 81.9 Å². The monoisotopic (exact) mass is 1010 g/mol. The van der Waals surface area contributed by atoms with Crippen molar-refractivity contribution in [3.63, 3.8) is 0 Å². The first-order valence-electron chi connectivity index (χ1n) is 22.0. The minimum absolute atomic E-state index is 0.0945. The van der Waals surface area contributed by atoms with E-state index in [9.17, 15) is 28.5 Å². The van der Waals surface area contributed by atoms with E-state index < -0.39 is 102 Å². The summed E-state index contributed by atoms with van der Waals surface area (Å²) < 4.78 is 83.3. The molecule has 0 aliphatic carbocycles. The van der Waals surface area contributed by atoms with Crippen LogP contribution in [0.3, 0.4) is 0 Å². The van der Waals surface area contributed by atoms with E-state index in [4.69, 9.17) is 41.8 Å². The average molecular weight is 1010 g/mol. The van der Waals surface area contributed by atoms with Crippen LogP contribution in [0.5, 0.6) is 0 Å². The van der Waals surface area contributed by atoms with Crippen molar-refractivity contribution >= 4 is 61.7 Å². The third-order valence-corrected chi connectivity index (χ3v) is 14.1. The van der Waals surface area contributed by atoms with E-state index in [2.05, 4.69) is 51.2 Å². The number of rotatable bonds is 17. The fourth-order valence-electron chi connectivity index (χ4n) is 8.53. The number of nitrogens with zero attached hydrogens (tertiary/aromatic N) is 8. The number of aromatic nitrogens is 8. The zero-order valence-corrected chi connectivity index (χ0v) is 38.9. The molecule has 6 N–H and O–H groups in total. The van der Waals surface area contributed by atoms with Gasteiger partial charge in [-0.2, -0.15) is 4.31 Å². The molecule has 8 heterocycles. The number of fused-ring (bicyclic) bond motifs is 4. The predicted octanol–water partition coefficient (Wildman–Crippen LogP) is 3.83. The molecule has 370 valence electrons. The molecule has 10 rings (SSSR count). The van der Waals surface area contributed by atoms with Gasteiger partial charge in [0.25, 0.3) is 0 Å². The van der Waals surface area contributed by atoms with E-state index in [0.717, 1.165) is 0 Å². The summed E-state index contributed by atoms with van der Waals surface area (Å²) in [6.07, 6.45) is -3.68. The van der Waals surface area contributed by atoms with Crippen LogP contribution in [0, 0.1) is 0 Å². The van der Waals surface area contributed by atoms with Crippen LogP contribution >= 0.6 is 15.6 Å². The van der Waals surface area contributed by atoms with Crippen LogP contribution in [0.1, 0.15) is 43.8 Å². The molecule has 0 spiro atoms. The molecule has 27 nitrogen and oxygen atoms in total. The zero-order chi connectivity index (χ0) is 48.6. The first-order valence-corrected chi connectivity index (χ1v) is 25.0. The van der Waals surface area contributed by atoms with E-state index in [-0.39, 0.29) is 29.3 Å². The van der Waals surface area contributed by atoms with Gasteiger partial charge in [0.2, 0.25) is 0 Å². The van der Waals surface area contributed by atoms with Crippen molar-refractivity contribution in [3.05, 3.63) is 97.1 Å². The Kier molecular flexibility index (Phi) is 13.7. The van der Waals surface area contributed by atoms with Gasteiger partial charge in [-0.25, -0.2) is 48.6 Å². The lowest BCUT2D eigenvalue weighted by Gasteiger charge is -2.23. The number of anilines is 2. The second-order valence-corrected chi connectivity index (χ2v) is 19.1. The van der Waals surface area contributed by atoms with E-state index in [1.54, 1.807) is 42.7 Å². The highest BCUT2D eigenvalue weighted by Crippen LogP contribution is 2.61. The molecule has 12 atom stereocenters. The number of benzene rings is 2. The predicted molar refractivity (Wildman–Crippen MR) is 239 cm³/mol. The summed E-state index contributed by atoms with van der Waals surface area (Å²) in [5, 5.41) is 10.6. The third kappa shape index (κ3) is 10.0. The number of amides is 4. The molecule has 0 radical (unpaired) electrons. The molecule has 2 unspecified atom stereocenters. The topological polar surface area (TPSA) is 327 Å². The third-order valence-electron chi connectivity index (χ3n) is 11.5. The molecule has 4 aliphatic heterocycles. The normalized spacial score (nSPS) is 27.7. The first-order chi connectivity index (χ1) is 33.9. The van der Waals surface area contributed by atoms with Gasteiger partial charge >= 0.3 is 27.7 Å². The van der Waals surface area contributed by atoms with Crippen molar-refractivity contribution in [2.24, 2.45) is 0 Å². The fraction of sp³-hybridized carbons (Fsp3) is 0.415. The Morgan fingerprint density at radius 2 is 1.10 bits per heavy atom. The summed E-state index contributed by atoms with van der Waals surface area (Å²) in [5.74, 6) is 0.314. The largest absolute Gasteiger partial charge is 0.481 e. The van der Waals surface area contributed by atoms with Gasteiger partial charge in [-0.05, 0) is 13.8 Å². The highest BCUT2D eigenvalue weighted by molar-refractivity contribution is 7.61. The highest BCUT2D eigenvalue weighted by atomic mass is 31.3. The number of ether oxygens (including phenoxy) is 6. The molecule has 4 fully saturated rings. The van der Waals surface area contributed by atoms with Crippen LogP contribution in [0.25, 0.3) is 22.3 Å². The van der Waals surface area contributed by atoms with Gasteiger partial charge in [0.05, 0.1) is 32.4 Å². The fourth-order valence-corrected chi connectivity index (χ4v) is 10.6. The second kappa shape index (κ2) is 20.1. The lowest BCUT2D eigenvalue weighted by molar-refractivity contribution is -0.152. The van der Waals surface area contributed by atoms with Crippen molar-refractivity contribution < 1.29 is 70.3 Å². The number of urea groups is 2. The van der Waals surface area contributed by atoms with Crippen LogP contribution in [-0.2, 0) is 57.5 Å². The quantitative estimate of drug-likeness (QED) is 0.0707. The molecule has 29 heteroatoms. The first kappa shape index (κ1) is 47.8. The van der Waals surface area contributed by atoms with E-state index in [1.165, 1.54) is 29.9 Å². The molecule has 4 aromatic heterocycles. The van der Waals surface area contributed by atoms with Gasteiger partial charge in [0.1, 0.15) is 55.4 Å². The molecule has 0 bridgehead atoms. The maximum absolute atomic E-state index is 13.4. The maximum Gasteiger partial charge on any atom is 0.481 e. The smallest absolute Gasteiger partial charge is 0.365 e. The Balaban J connectivity index is 0.817. The molecule has 6 aromatic rings. The summed E-state index contributed by atoms with van der Waals surface area (Å²) in [4.78, 5) is 72.1.